The number of rotatable bonds is 5. The van der Waals surface area contributed by atoms with Crippen LogP contribution in [0.3, 0.4) is 0 Å². The molecule has 0 atom stereocenters. The summed E-state index contributed by atoms with van der Waals surface area (Å²) in [5, 5.41) is 1.27. The van der Waals surface area contributed by atoms with Gasteiger partial charge in [-0.2, -0.15) is 0 Å². The largest absolute Gasteiger partial charge is 0.440 e. The highest BCUT2D eigenvalue weighted by Crippen LogP contribution is 2.59. The molecule has 1 aromatic heterocycles. The van der Waals surface area contributed by atoms with Gasteiger partial charge in [-0.3, -0.25) is 4.90 Å². The lowest BCUT2D eigenvalue weighted by Gasteiger charge is -2.52. The summed E-state index contributed by atoms with van der Waals surface area (Å²) in [4.78, 5) is 7.82. The van der Waals surface area contributed by atoms with Crippen molar-refractivity contribution in [1.29, 1.82) is 0 Å². The molecule has 414 valence electrons. The average molecular weight is 1070 g/mol. The summed E-state index contributed by atoms with van der Waals surface area (Å²) in [6, 6.07) is 52.8. The Morgan fingerprint density at radius 1 is 0.407 bits per heavy atom. The van der Waals surface area contributed by atoms with Gasteiger partial charge in [-0.25, -0.2) is 0 Å². The first-order valence-electron chi connectivity index (χ1n) is 30.9. The van der Waals surface area contributed by atoms with E-state index in [-0.39, 0.29) is 50.0 Å². The van der Waals surface area contributed by atoms with E-state index in [4.69, 9.17) is 4.42 Å². The minimum Gasteiger partial charge on any atom is -0.440 e. The van der Waals surface area contributed by atoms with E-state index in [0.717, 1.165) is 53.5 Å². The number of furan rings is 1. The number of para-hydroxylation sites is 2. The zero-order valence-electron chi connectivity index (χ0n) is 51.7. The molecule has 2 aliphatic heterocycles. The van der Waals surface area contributed by atoms with E-state index >= 15 is 0 Å². The summed E-state index contributed by atoms with van der Waals surface area (Å²) in [7, 11) is 0. The van der Waals surface area contributed by atoms with E-state index < -0.39 is 0 Å². The topological polar surface area (TPSA) is 22.9 Å². The lowest BCUT2D eigenvalue weighted by Crippen LogP contribution is -2.61. The Bertz CT molecular complexity index is 3830. The Balaban J connectivity index is 1.18. The van der Waals surface area contributed by atoms with Crippen molar-refractivity contribution < 1.29 is 4.42 Å². The molecule has 0 saturated heterocycles. The van der Waals surface area contributed by atoms with Crippen LogP contribution in [0.5, 0.6) is 0 Å². The Labute approximate surface area is 485 Å². The molecule has 2 bridgehead atoms. The van der Waals surface area contributed by atoms with Crippen LogP contribution in [0.1, 0.15) is 207 Å². The highest BCUT2D eigenvalue weighted by molar-refractivity contribution is 7.01. The fourth-order valence-corrected chi connectivity index (χ4v) is 16.1. The maximum absolute atomic E-state index is 7.89. The van der Waals surface area contributed by atoms with Crippen molar-refractivity contribution in [1.82, 2.24) is 0 Å². The second-order valence-electron chi connectivity index (χ2n) is 31.3. The van der Waals surface area contributed by atoms with Gasteiger partial charge in [-0.1, -0.05) is 165 Å². The fourth-order valence-electron chi connectivity index (χ4n) is 16.1. The number of benzene rings is 7. The predicted molar refractivity (Wildman–Crippen MR) is 346 cm³/mol. The highest BCUT2D eigenvalue weighted by Gasteiger charge is 2.52. The third-order valence-electron chi connectivity index (χ3n) is 21.8. The fraction of sp³-hybridized carbons (Fsp3) is 0.421. The van der Waals surface area contributed by atoms with Gasteiger partial charge in [0.2, 0.25) is 5.88 Å². The lowest BCUT2D eigenvalue weighted by molar-refractivity contribution is 0.188. The molecule has 5 heteroatoms. The quantitative estimate of drug-likeness (QED) is 0.160. The van der Waals surface area contributed by atoms with Gasteiger partial charge >= 0.3 is 0 Å². The van der Waals surface area contributed by atoms with Gasteiger partial charge in [0.05, 0.1) is 5.69 Å². The van der Waals surface area contributed by atoms with Crippen molar-refractivity contribution in [2.24, 2.45) is 0 Å². The van der Waals surface area contributed by atoms with E-state index in [1.165, 1.54) is 116 Å². The molecule has 0 N–H and O–H groups in total. The van der Waals surface area contributed by atoms with Crippen LogP contribution in [-0.4, -0.2) is 6.71 Å². The summed E-state index contributed by atoms with van der Waals surface area (Å²) in [5.74, 6) is 0.954. The molecule has 0 spiro atoms. The van der Waals surface area contributed by atoms with Gasteiger partial charge in [0.1, 0.15) is 5.58 Å². The molecule has 0 radical (unpaired) electrons. The third-order valence-corrected chi connectivity index (χ3v) is 21.8. The summed E-state index contributed by atoms with van der Waals surface area (Å²) in [6.45, 7) is 39.1. The van der Waals surface area contributed by atoms with Crippen molar-refractivity contribution in [2.75, 3.05) is 14.7 Å². The Hall–Kier alpha value is -6.46. The third kappa shape index (κ3) is 7.88. The van der Waals surface area contributed by atoms with Crippen molar-refractivity contribution in [3.63, 3.8) is 0 Å². The van der Waals surface area contributed by atoms with Crippen LogP contribution in [0.2, 0.25) is 0 Å². The predicted octanol–water partition coefficient (Wildman–Crippen LogP) is 19.4. The number of nitrogens with zero attached hydrogens (tertiary/aromatic N) is 3. The highest BCUT2D eigenvalue weighted by atomic mass is 16.4. The molecule has 4 nitrogen and oxygen atoms in total. The number of fused-ring (bicyclic) bond motifs is 10. The van der Waals surface area contributed by atoms with Crippen LogP contribution in [0.25, 0.3) is 11.0 Å². The van der Waals surface area contributed by atoms with Crippen molar-refractivity contribution >= 4 is 85.5 Å². The minimum atomic E-state index is -0.126. The van der Waals surface area contributed by atoms with E-state index in [9.17, 15) is 0 Å². The zero-order valence-corrected chi connectivity index (χ0v) is 51.7. The second-order valence-corrected chi connectivity index (χ2v) is 31.3. The first-order valence-corrected chi connectivity index (χ1v) is 30.9. The Morgan fingerprint density at radius 2 is 0.889 bits per heavy atom. The zero-order chi connectivity index (χ0) is 56.9. The first-order chi connectivity index (χ1) is 38.1. The first kappa shape index (κ1) is 52.6. The Morgan fingerprint density at radius 3 is 1.42 bits per heavy atom. The van der Waals surface area contributed by atoms with Gasteiger partial charge < -0.3 is 14.2 Å². The van der Waals surface area contributed by atoms with Crippen LogP contribution in [0.4, 0.5) is 51.4 Å². The van der Waals surface area contributed by atoms with Gasteiger partial charge in [0, 0.05) is 50.7 Å². The molecule has 0 unspecified atom stereocenters. The average Bonchev–Trinajstić information content (AvgIpc) is 4.01. The van der Waals surface area contributed by atoms with Crippen LogP contribution in [0.15, 0.2) is 138 Å². The van der Waals surface area contributed by atoms with Crippen LogP contribution in [-0.2, 0) is 43.3 Å². The molecule has 5 aliphatic carbocycles. The SMILES string of the molecule is CC(C)(C)c1cc(N2c3cc4c(cc3B3c5c2cc(N(c2ccccc2)c2ccccc2)cc5N(c2ccc5c(c2)C(C)(C)CCC5(C)C)c2oc5cc6c(cc5c23)C2(C)CCC6(C)CC2)C(C)(C)CCC4(C)C)cc(C(C)(C)C)c1. The van der Waals surface area contributed by atoms with E-state index in [0.29, 0.717) is 0 Å². The molecular formula is C76H86BN3O. The van der Waals surface area contributed by atoms with Crippen molar-refractivity contribution in [3.05, 3.63) is 178 Å². The minimum absolute atomic E-state index is 0.00392. The number of hydrogen-bond donors (Lipinski definition) is 0. The smallest absolute Gasteiger partial charge is 0.257 e. The van der Waals surface area contributed by atoms with Crippen LogP contribution in [0, 0.1) is 0 Å². The van der Waals surface area contributed by atoms with Gasteiger partial charge in [-0.15, -0.1) is 0 Å². The lowest BCUT2D eigenvalue weighted by atomic mass is 9.33. The van der Waals surface area contributed by atoms with Crippen molar-refractivity contribution in [2.45, 2.75) is 205 Å². The van der Waals surface area contributed by atoms with Gasteiger partial charge in [0.25, 0.3) is 6.71 Å². The molecule has 8 aromatic rings. The van der Waals surface area contributed by atoms with Gasteiger partial charge in [-0.05, 0) is 229 Å². The number of hydrogen-bond acceptors (Lipinski definition) is 4. The molecule has 7 aromatic carbocycles. The monoisotopic (exact) mass is 1070 g/mol. The normalized spacial score (nSPS) is 22.3. The molecular weight excluding hydrogens is 982 g/mol. The van der Waals surface area contributed by atoms with E-state index in [1.54, 1.807) is 5.56 Å². The molecule has 3 heterocycles. The van der Waals surface area contributed by atoms with Crippen molar-refractivity contribution in [3.8, 4) is 0 Å². The van der Waals surface area contributed by atoms with E-state index in [2.05, 4.69) is 259 Å². The summed E-state index contributed by atoms with van der Waals surface area (Å²) in [6.07, 6.45) is 9.50. The molecule has 7 aliphatic rings. The maximum atomic E-state index is 7.89. The molecule has 1 fully saturated rings. The van der Waals surface area contributed by atoms with Crippen LogP contribution >= 0.6 is 0 Å². The maximum Gasteiger partial charge on any atom is 0.257 e. The summed E-state index contributed by atoms with van der Waals surface area (Å²) in [5.41, 5.74) is 26.1. The Kier molecular flexibility index (Phi) is 11.1. The summed E-state index contributed by atoms with van der Waals surface area (Å²) < 4.78 is 7.89. The molecule has 81 heavy (non-hydrogen) atoms. The standard InChI is InChI=1S/C76H86BN3O/c1-69(2,3)47-37-48(70(4,5)6)39-52(38-47)79-62-45-58-57(73(11,12)31-32-74(58,13)14)44-61(62)77-66-54-43-59-60(76(16)35-33-75(59,15)34-36-76)46-65(54)81-68(66)80(51-27-28-55-56(40-51)72(9,10)30-29-71(55,7)8)64-42-53(41-63(79)67(64)77)78(49-23-19-17-20-24-49)50-25-21-18-22-26-50/h17-28,37-46H,29-36H2,1-16H3. The number of anilines is 9. The van der Waals surface area contributed by atoms with Gasteiger partial charge in [0.15, 0.2) is 0 Å². The summed E-state index contributed by atoms with van der Waals surface area (Å²) >= 11 is 0. The molecule has 1 saturated carbocycles. The van der Waals surface area contributed by atoms with Crippen LogP contribution < -0.4 is 31.1 Å². The second kappa shape index (κ2) is 17.1. The molecule has 0 amide bonds. The molecule has 15 rings (SSSR count). The van der Waals surface area contributed by atoms with E-state index in [1.807, 2.05) is 0 Å².